The van der Waals surface area contributed by atoms with Crippen LogP contribution < -0.4 is 5.32 Å². The second kappa shape index (κ2) is 5.19. The van der Waals surface area contributed by atoms with Crippen LogP contribution in [-0.4, -0.2) is 16.3 Å². The average Bonchev–Trinajstić information content (AvgIpc) is 2.70. The zero-order chi connectivity index (χ0) is 12.3. The molecule has 0 fully saturated rings. The van der Waals surface area contributed by atoms with Crippen LogP contribution in [0.2, 0.25) is 5.02 Å². The van der Waals surface area contributed by atoms with Gasteiger partial charge in [-0.1, -0.05) is 11.6 Å². The fourth-order valence-corrected chi connectivity index (χ4v) is 1.78. The lowest BCUT2D eigenvalue weighted by atomic mass is 10.2. The summed E-state index contributed by atoms with van der Waals surface area (Å²) in [6.07, 6.45) is 2.53. The Balaban J connectivity index is 1.94. The molecular weight excluding hydrogens is 241 g/mol. The number of aryl methyl sites for hydroxylation is 1. The maximum Gasteiger partial charge on any atom is 0.146 e. The minimum Gasteiger partial charge on any atom is -0.382 e. The van der Waals surface area contributed by atoms with Crippen LogP contribution in [0.4, 0.5) is 10.1 Å². The van der Waals surface area contributed by atoms with Gasteiger partial charge in [-0.25, -0.2) is 4.39 Å². The highest BCUT2D eigenvalue weighted by atomic mass is 35.5. The van der Waals surface area contributed by atoms with E-state index in [1.807, 2.05) is 13.1 Å². The summed E-state index contributed by atoms with van der Waals surface area (Å²) >= 11 is 5.80. The summed E-state index contributed by atoms with van der Waals surface area (Å²) in [6, 6.07) is 6.41. The summed E-state index contributed by atoms with van der Waals surface area (Å²) in [6.45, 7) is 0.636. The lowest BCUT2D eigenvalue weighted by Gasteiger charge is -2.08. The number of nitrogens with zero attached hydrogens (tertiary/aromatic N) is 2. The van der Waals surface area contributed by atoms with E-state index in [1.54, 1.807) is 16.9 Å². The number of benzene rings is 1. The zero-order valence-corrected chi connectivity index (χ0v) is 10.2. The van der Waals surface area contributed by atoms with Gasteiger partial charge in [-0.3, -0.25) is 4.68 Å². The van der Waals surface area contributed by atoms with E-state index in [0.29, 0.717) is 17.3 Å². The summed E-state index contributed by atoms with van der Waals surface area (Å²) in [4.78, 5) is 0. The molecule has 5 heteroatoms. The van der Waals surface area contributed by atoms with E-state index >= 15 is 0 Å². The smallest absolute Gasteiger partial charge is 0.146 e. The monoisotopic (exact) mass is 253 g/mol. The maximum absolute atomic E-state index is 13.4. The third-order valence-corrected chi connectivity index (χ3v) is 2.78. The number of nitrogens with one attached hydrogen (secondary N) is 1. The average molecular weight is 254 g/mol. The van der Waals surface area contributed by atoms with Crippen LogP contribution in [0, 0.1) is 5.82 Å². The first-order valence-corrected chi connectivity index (χ1v) is 5.70. The van der Waals surface area contributed by atoms with Gasteiger partial charge < -0.3 is 5.32 Å². The number of anilines is 1. The minimum atomic E-state index is -0.292. The van der Waals surface area contributed by atoms with Crippen molar-refractivity contribution in [2.45, 2.75) is 6.42 Å². The molecule has 0 radical (unpaired) electrons. The number of rotatable bonds is 4. The molecule has 0 saturated carbocycles. The minimum absolute atomic E-state index is 0.292. The Morgan fingerprint density at radius 1 is 1.41 bits per heavy atom. The van der Waals surface area contributed by atoms with Crippen LogP contribution in [0.5, 0.6) is 0 Å². The Bertz CT molecular complexity index is 510. The van der Waals surface area contributed by atoms with Gasteiger partial charge in [0.25, 0.3) is 0 Å². The van der Waals surface area contributed by atoms with Crippen molar-refractivity contribution in [3.63, 3.8) is 0 Å². The van der Waals surface area contributed by atoms with Crippen molar-refractivity contribution in [3.8, 4) is 0 Å². The molecule has 0 aliphatic carbocycles. The summed E-state index contributed by atoms with van der Waals surface area (Å²) in [5.41, 5.74) is 1.53. The molecule has 3 nitrogen and oxygen atoms in total. The van der Waals surface area contributed by atoms with Crippen molar-refractivity contribution in [3.05, 3.63) is 47.0 Å². The van der Waals surface area contributed by atoms with Gasteiger partial charge in [0.2, 0.25) is 0 Å². The largest absolute Gasteiger partial charge is 0.382 e. The second-order valence-electron chi connectivity index (χ2n) is 3.75. The van der Waals surface area contributed by atoms with Crippen LogP contribution >= 0.6 is 11.6 Å². The molecule has 0 atom stereocenters. The number of aromatic nitrogens is 2. The van der Waals surface area contributed by atoms with Crippen molar-refractivity contribution < 1.29 is 4.39 Å². The fraction of sp³-hybridized carbons (Fsp3) is 0.250. The molecule has 0 amide bonds. The van der Waals surface area contributed by atoms with Gasteiger partial charge in [-0.05, 0) is 24.3 Å². The van der Waals surface area contributed by atoms with Crippen molar-refractivity contribution in [1.82, 2.24) is 9.78 Å². The molecule has 1 aromatic heterocycles. The van der Waals surface area contributed by atoms with E-state index in [9.17, 15) is 4.39 Å². The van der Waals surface area contributed by atoms with E-state index < -0.39 is 0 Å². The van der Waals surface area contributed by atoms with E-state index in [1.165, 1.54) is 12.1 Å². The van der Waals surface area contributed by atoms with Crippen LogP contribution in [0.1, 0.15) is 5.69 Å². The maximum atomic E-state index is 13.4. The quantitative estimate of drug-likeness (QED) is 0.908. The van der Waals surface area contributed by atoms with Gasteiger partial charge in [-0.15, -0.1) is 0 Å². The molecule has 2 rings (SSSR count). The van der Waals surface area contributed by atoms with E-state index in [4.69, 9.17) is 11.6 Å². The highest BCUT2D eigenvalue weighted by Crippen LogP contribution is 2.19. The molecule has 1 N–H and O–H groups in total. The molecule has 2 aromatic rings. The summed E-state index contributed by atoms with van der Waals surface area (Å²) in [5, 5.41) is 7.61. The lowest BCUT2D eigenvalue weighted by molar-refractivity contribution is 0.629. The Hall–Kier alpha value is -1.55. The van der Waals surface area contributed by atoms with Gasteiger partial charge in [0.05, 0.1) is 5.69 Å². The Labute approximate surface area is 104 Å². The van der Waals surface area contributed by atoms with Crippen LogP contribution in [0.25, 0.3) is 0 Å². The van der Waals surface area contributed by atoms with Crippen LogP contribution in [0.15, 0.2) is 30.5 Å². The van der Waals surface area contributed by atoms with Crippen molar-refractivity contribution in [2.24, 2.45) is 7.05 Å². The first-order valence-electron chi connectivity index (χ1n) is 5.32. The summed E-state index contributed by atoms with van der Waals surface area (Å²) < 4.78 is 15.2. The van der Waals surface area contributed by atoms with Crippen molar-refractivity contribution in [2.75, 3.05) is 11.9 Å². The molecular formula is C12H13ClFN3. The summed E-state index contributed by atoms with van der Waals surface area (Å²) in [7, 11) is 1.88. The molecule has 0 saturated heterocycles. The van der Waals surface area contributed by atoms with Crippen LogP contribution in [0.3, 0.4) is 0 Å². The fourth-order valence-electron chi connectivity index (χ4n) is 1.60. The van der Waals surface area contributed by atoms with Gasteiger partial charge in [0.1, 0.15) is 5.82 Å². The number of hydrogen-bond donors (Lipinski definition) is 1. The molecule has 0 bridgehead atoms. The third kappa shape index (κ3) is 2.97. The first kappa shape index (κ1) is 11.9. The predicted molar refractivity (Wildman–Crippen MR) is 66.8 cm³/mol. The van der Waals surface area contributed by atoms with Crippen LogP contribution in [-0.2, 0) is 13.5 Å². The number of halogens is 2. The molecule has 0 aliphatic heterocycles. The van der Waals surface area contributed by atoms with Crippen molar-refractivity contribution in [1.29, 1.82) is 0 Å². The Kier molecular flexibility index (Phi) is 3.64. The van der Waals surface area contributed by atoms with Crippen molar-refractivity contribution >= 4 is 17.3 Å². The normalized spacial score (nSPS) is 10.5. The standard InChI is InChI=1S/C12H13ClFN3/c1-17-10(5-7-16-17)4-6-15-12-8-9(13)2-3-11(12)14/h2-3,5,7-8,15H,4,6H2,1H3. The highest BCUT2D eigenvalue weighted by molar-refractivity contribution is 6.30. The lowest BCUT2D eigenvalue weighted by Crippen LogP contribution is -2.09. The van der Waals surface area contributed by atoms with Gasteiger partial charge in [-0.2, -0.15) is 5.10 Å². The van der Waals surface area contributed by atoms with Gasteiger partial charge in [0, 0.05) is 36.9 Å². The Morgan fingerprint density at radius 2 is 2.24 bits per heavy atom. The number of hydrogen-bond acceptors (Lipinski definition) is 2. The molecule has 1 aromatic carbocycles. The first-order chi connectivity index (χ1) is 8.16. The van der Waals surface area contributed by atoms with E-state index in [-0.39, 0.29) is 5.82 Å². The van der Waals surface area contributed by atoms with E-state index in [2.05, 4.69) is 10.4 Å². The molecule has 90 valence electrons. The van der Waals surface area contributed by atoms with E-state index in [0.717, 1.165) is 12.1 Å². The molecule has 1 heterocycles. The molecule has 0 aliphatic rings. The highest BCUT2D eigenvalue weighted by Gasteiger charge is 2.03. The predicted octanol–water partition coefficient (Wildman–Crippen LogP) is 2.87. The second-order valence-corrected chi connectivity index (χ2v) is 4.18. The topological polar surface area (TPSA) is 29.9 Å². The Morgan fingerprint density at radius 3 is 2.94 bits per heavy atom. The molecule has 0 unspecified atom stereocenters. The third-order valence-electron chi connectivity index (χ3n) is 2.55. The van der Waals surface area contributed by atoms with Gasteiger partial charge in [0.15, 0.2) is 0 Å². The zero-order valence-electron chi connectivity index (χ0n) is 9.45. The molecule has 17 heavy (non-hydrogen) atoms. The SMILES string of the molecule is Cn1nccc1CCNc1cc(Cl)ccc1F. The van der Waals surface area contributed by atoms with Gasteiger partial charge >= 0.3 is 0 Å². The molecule has 0 spiro atoms. The summed E-state index contributed by atoms with van der Waals surface area (Å²) in [5.74, 6) is -0.292.